The Hall–Kier alpha value is -3.11. The Bertz CT molecular complexity index is 1110. The lowest BCUT2D eigenvalue weighted by Crippen LogP contribution is -2.39. The highest BCUT2D eigenvalue weighted by Gasteiger charge is 2.38. The standard InChI is InChI=1S/C30H34N2O2/c1-34-29-11-7-10-25-21-28-26(20-27(25)29)16-19-32(28)18-6-5-17-31-30(33)24-14-12-23(13-15-24)22-8-3-2-4-9-22/h2-4,7-15,26,28H,5-6,16-21H2,1H3,(H,31,33)/t26-,28+/m0/s1. The number of unbranched alkanes of at least 4 members (excludes halogenated alkanes) is 1. The highest BCUT2D eigenvalue weighted by molar-refractivity contribution is 5.94. The topological polar surface area (TPSA) is 41.6 Å². The van der Waals surface area contributed by atoms with Crippen molar-refractivity contribution in [2.45, 2.75) is 38.1 Å². The summed E-state index contributed by atoms with van der Waals surface area (Å²) >= 11 is 0. The first-order valence-corrected chi connectivity index (χ1v) is 12.6. The van der Waals surface area contributed by atoms with Crippen LogP contribution in [0.25, 0.3) is 11.1 Å². The number of hydrogen-bond donors (Lipinski definition) is 1. The number of amides is 1. The summed E-state index contributed by atoms with van der Waals surface area (Å²) < 4.78 is 5.61. The first-order valence-electron chi connectivity index (χ1n) is 12.6. The van der Waals surface area contributed by atoms with E-state index in [1.165, 1.54) is 29.7 Å². The largest absolute Gasteiger partial charge is 0.496 e. The molecule has 1 saturated heterocycles. The second-order valence-corrected chi connectivity index (χ2v) is 9.56. The van der Waals surface area contributed by atoms with Gasteiger partial charge in [0.25, 0.3) is 5.91 Å². The van der Waals surface area contributed by atoms with Crippen molar-refractivity contribution in [2.75, 3.05) is 26.7 Å². The Labute approximate surface area is 202 Å². The number of carbonyl (C=O) groups is 1. The number of hydrogen-bond acceptors (Lipinski definition) is 3. The van der Waals surface area contributed by atoms with Gasteiger partial charge in [-0.1, -0.05) is 54.6 Å². The summed E-state index contributed by atoms with van der Waals surface area (Å²) in [4.78, 5) is 15.2. The first-order chi connectivity index (χ1) is 16.7. The van der Waals surface area contributed by atoms with Gasteiger partial charge in [0.05, 0.1) is 7.11 Å². The highest BCUT2D eigenvalue weighted by atomic mass is 16.5. The van der Waals surface area contributed by atoms with Crippen LogP contribution in [0.1, 0.15) is 40.7 Å². The molecule has 34 heavy (non-hydrogen) atoms. The molecule has 1 amide bonds. The number of nitrogens with one attached hydrogen (secondary N) is 1. The summed E-state index contributed by atoms with van der Waals surface area (Å²) in [7, 11) is 1.78. The number of nitrogens with zero attached hydrogens (tertiary/aromatic N) is 1. The molecule has 0 spiro atoms. The van der Waals surface area contributed by atoms with Crippen molar-refractivity contribution < 1.29 is 9.53 Å². The van der Waals surface area contributed by atoms with Crippen molar-refractivity contribution in [3.63, 3.8) is 0 Å². The van der Waals surface area contributed by atoms with Gasteiger partial charge < -0.3 is 10.1 Å². The molecule has 2 atom stereocenters. The third-order valence-electron chi connectivity index (χ3n) is 7.56. The van der Waals surface area contributed by atoms with Gasteiger partial charge in [-0.05, 0) is 91.6 Å². The zero-order chi connectivity index (χ0) is 23.3. The molecule has 1 aliphatic carbocycles. The van der Waals surface area contributed by atoms with E-state index in [9.17, 15) is 4.79 Å². The molecule has 0 unspecified atom stereocenters. The van der Waals surface area contributed by atoms with Crippen molar-refractivity contribution in [3.05, 3.63) is 89.5 Å². The van der Waals surface area contributed by atoms with Gasteiger partial charge in [-0.3, -0.25) is 9.69 Å². The molecule has 4 heteroatoms. The molecule has 4 nitrogen and oxygen atoms in total. The van der Waals surface area contributed by atoms with E-state index in [0.29, 0.717) is 6.04 Å². The first kappa shape index (κ1) is 22.7. The Kier molecular flexibility index (Phi) is 6.96. The van der Waals surface area contributed by atoms with E-state index in [2.05, 4.69) is 40.5 Å². The van der Waals surface area contributed by atoms with E-state index in [-0.39, 0.29) is 5.91 Å². The van der Waals surface area contributed by atoms with Gasteiger partial charge in [0, 0.05) is 18.2 Å². The van der Waals surface area contributed by atoms with E-state index in [1.807, 2.05) is 42.5 Å². The van der Waals surface area contributed by atoms with E-state index in [4.69, 9.17) is 4.74 Å². The lowest BCUT2D eigenvalue weighted by atomic mass is 9.80. The Morgan fingerprint density at radius 3 is 2.53 bits per heavy atom. The van der Waals surface area contributed by atoms with Gasteiger partial charge in [0.15, 0.2) is 0 Å². The molecule has 1 aliphatic heterocycles. The monoisotopic (exact) mass is 454 g/mol. The van der Waals surface area contributed by atoms with Gasteiger partial charge in [-0.15, -0.1) is 0 Å². The van der Waals surface area contributed by atoms with Crippen LogP contribution >= 0.6 is 0 Å². The van der Waals surface area contributed by atoms with Gasteiger partial charge in [0.2, 0.25) is 0 Å². The smallest absolute Gasteiger partial charge is 0.251 e. The highest BCUT2D eigenvalue weighted by Crippen LogP contribution is 2.39. The molecule has 5 rings (SSSR count). The van der Waals surface area contributed by atoms with Crippen LogP contribution in [-0.4, -0.2) is 43.6 Å². The van der Waals surface area contributed by atoms with Crippen molar-refractivity contribution in [3.8, 4) is 16.9 Å². The molecular weight excluding hydrogens is 420 g/mol. The fourth-order valence-electron chi connectivity index (χ4n) is 5.70. The van der Waals surface area contributed by atoms with E-state index in [1.54, 1.807) is 7.11 Å². The summed E-state index contributed by atoms with van der Waals surface area (Å²) in [5, 5.41) is 3.09. The van der Waals surface area contributed by atoms with Crippen molar-refractivity contribution in [1.82, 2.24) is 10.2 Å². The lowest BCUT2D eigenvalue weighted by molar-refractivity contribution is 0.0952. The van der Waals surface area contributed by atoms with Crippen LogP contribution < -0.4 is 10.1 Å². The Morgan fingerprint density at radius 1 is 0.941 bits per heavy atom. The van der Waals surface area contributed by atoms with Gasteiger partial charge in [-0.2, -0.15) is 0 Å². The zero-order valence-corrected chi connectivity index (χ0v) is 20.0. The van der Waals surface area contributed by atoms with Crippen LogP contribution in [0.2, 0.25) is 0 Å². The molecule has 1 N–H and O–H groups in total. The molecule has 0 bridgehead atoms. The predicted octanol–water partition coefficient (Wildman–Crippen LogP) is 5.36. The van der Waals surface area contributed by atoms with Crippen LogP contribution in [0.3, 0.4) is 0 Å². The summed E-state index contributed by atoms with van der Waals surface area (Å²) in [6.07, 6.45) is 5.66. The van der Waals surface area contributed by atoms with Crippen molar-refractivity contribution >= 4 is 5.91 Å². The number of fused-ring (bicyclic) bond motifs is 2. The zero-order valence-electron chi connectivity index (χ0n) is 20.0. The molecule has 1 heterocycles. The predicted molar refractivity (Wildman–Crippen MR) is 137 cm³/mol. The number of carbonyl (C=O) groups excluding carboxylic acids is 1. The number of rotatable bonds is 8. The minimum absolute atomic E-state index is 0.0127. The molecule has 0 saturated carbocycles. The average Bonchev–Trinajstić information content (AvgIpc) is 3.29. The molecule has 1 fully saturated rings. The lowest BCUT2D eigenvalue weighted by Gasteiger charge is -2.33. The van der Waals surface area contributed by atoms with Crippen LogP contribution in [0.15, 0.2) is 72.8 Å². The molecule has 176 valence electrons. The second kappa shape index (κ2) is 10.4. The van der Waals surface area contributed by atoms with Crippen LogP contribution in [0, 0.1) is 5.92 Å². The van der Waals surface area contributed by atoms with E-state index < -0.39 is 0 Å². The summed E-state index contributed by atoms with van der Waals surface area (Å²) in [6, 6.07) is 25.2. The fourth-order valence-corrected chi connectivity index (χ4v) is 5.70. The van der Waals surface area contributed by atoms with E-state index >= 15 is 0 Å². The second-order valence-electron chi connectivity index (χ2n) is 9.56. The third-order valence-corrected chi connectivity index (χ3v) is 7.56. The Morgan fingerprint density at radius 2 is 1.74 bits per heavy atom. The summed E-state index contributed by atoms with van der Waals surface area (Å²) in [5.74, 6) is 1.81. The molecule has 2 aliphatic rings. The molecule has 0 radical (unpaired) electrons. The molecule has 3 aromatic carbocycles. The normalized spacial score (nSPS) is 19.3. The number of methoxy groups -OCH3 is 1. The Balaban J connectivity index is 1.06. The van der Waals surface area contributed by atoms with Crippen molar-refractivity contribution in [1.29, 1.82) is 0 Å². The quantitative estimate of drug-likeness (QED) is 0.466. The summed E-state index contributed by atoms with van der Waals surface area (Å²) in [6.45, 7) is 3.02. The number of benzene rings is 3. The maximum absolute atomic E-state index is 12.5. The minimum Gasteiger partial charge on any atom is -0.496 e. The number of ether oxygens (including phenoxy) is 1. The third kappa shape index (κ3) is 4.88. The SMILES string of the molecule is COc1cccc2c1C[C@@H]1CCN(CCCCNC(=O)c3ccc(-c4ccccc4)cc3)[C@@H]1C2. The average molecular weight is 455 g/mol. The van der Waals surface area contributed by atoms with Gasteiger partial charge >= 0.3 is 0 Å². The van der Waals surface area contributed by atoms with Crippen LogP contribution in [-0.2, 0) is 12.8 Å². The van der Waals surface area contributed by atoms with Gasteiger partial charge in [-0.25, -0.2) is 0 Å². The molecule has 3 aromatic rings. The summed E-state index contributed by atoms with van der Waals surface area (Å²) in [5.41, 5.74) is 5.90. The number of likely N-dealkylation sites (tertiary alicyclic amines) is 1. The molecule has 0 aromatic heterocycles. The fraction of sp³-hybridized carbons (Fsp3) is 0.367. The minimum atomic E-state index is 0.0127. The van der Waals surface area contributed by atoms with E-state index in [0.717, 1.165) is 61.6 Å². The van der Waals surface area contributed by atoms with Crippen molar-refractivity contribution in [2.24, 2.45) is 5.92 Å². The maximum Gasteiger partial charge on any atom is 0.251 e. The molecular formula is C30H34N2O2. The maximum atomic E-state index is 12.5. The van der Waals surface area contributed by atoms with Crippen LogP contribution in [0.5, 0.6) is 5.75 Å². The van der Waals surface area contributed by atoms with Crippen LogP contribution in [0.4, 0.5) is 0 Å². The van der Waals surface area contributed by atoms with Gasteiger partial charge in [0.1, 0.15) is 5.75 Å².